The standard InChI is InChI=1S/C27H28N2O5/c1-33-23-13-7-19(8-14-23)15-25(30)28-22-11-9-21(10-12-22)27(32)24-17-34-18-26(31)29(24)16-20-5-3-2-4-6-20/h2-14,24,27,32H,15-18H2,1H3,(H,28,30)/t24-,27-/m1/s1. The lowest BCUT2D eigenvalue weighted by Gasteiger charge is -2.38. The van der Waals surface area contributed by atoms with Gasteiger partial charge in [0.2, 0.25) is 11.8 Å². The summed E-state index contributed by atoms with van der Waals surface area (Å²) in [6, 6.07) is 23.5. The SMILES string of the molecule is COc1ccc(CC(=O)Nc2ccc([C@@H](O)[C@H]3COCC(=O)N3Cc3ccccc3)cc2)cc1. The highest BCUT2D eigenvalue weighted by molar-refractivity contribution is 5.92. The van der Waals surface area contributed by atoms with Crippen LogP contribution in [0.5, 0.6) is 5.75 Å². The van der Waals surface area contributed by atoms with Gasteiger partial charge >= 0.3 is 0 Å². The van der Waals surface area contributed by atoms with Crippen molar-refractivity contribution in [2.45, 2.75) is 25.1 Å². The zero-order valence-corrected chi connectivity index (χ0v) is 19.0. The third-order valence-electron chi connectivity index (χ3n) is 5.85. The van der Waals surface area contributed by atoms with Crippen LogP contribution in [0.15, 0.2) is 78.9 Å². The number of anilines is 1. The van der Waals surface area contributed by atoms with Gasteiger partial charge < -0.3 is 24.8 Å². The van der Waals surface area contributed by atoms with Crippen LogP contribution < -0.4 is 10.1 Å². The van der Waals surface area contributed by atoms with Crippen LogP contribution in [0.25, 0.3) is 0 Å². The van der Waals surface area contributed by atoms with E-state index in [2.05, 4.69) is 5.32 Å². The lowest BCUT2D eigenvalue weighted by molar-refractivity contribution is -0.155. The highest BCUT2D eigenvalue weighted by Crippen LogP contribution is 2.27. The van der Waals surface area contributed by atoms with Crippen molar-refractivity contribution in [3.05, 3.63) is 95.6 Å². The Labute approximate surface area is 198 Å². The first-order chi connectivity index (χ1) is 16.5. The Morgan fingerprint density at radius 3 is 2.44 bits per heavy atom. The molecule has 0 unspecified atom stereocenters. The molecule has 2 amide bonds. The number of ether oxygens (including phenoxy) is 2. The van der Waals surface area contributed by atoms with Crippen LogP contribution in [0.2, 0.25) is 0 Å². The summed E-state index contributed by atoms with van der Waals surface area (Å²) in [5.74, 6) is 0.450. The van der Waals surface area contributed by atoms with Crippen LogP contribution >= 0.6 is 0 Å². The molecule has 1 aliphatic rings. The molecule has 0 spiro atoms. The van der Waals surface area contributed by atoms with E-state index in [1.165, 1.54) is 0 Å². The molecule has 0 aromatic heterocycles. The van der Waals surface area contributed by atoms with E-state index < -0.39 is 12.1 Å². The van der Waals surface area contributed by atoms with Gasteiger partial charge in [0.1, 0.15) is 18.5 Å². The summed E-state index contributed by atoms with van der Waals surface area (Å²) >= 11 is 0. The van der Waals surface area contributed by atoms with Gasteiger partial charge in [0.25, 0.3) is 0 Å². The van der Waals surface area contributed by atoms with Crippen LogP contribution in [0.4, 0.5) is 5.69 Å². The van der Waals surface area contributed by atoms with E-state index in [1.807, 2.05) is 54.6 Å². The summed E-state index contributed by atoms with van der Waals surface area (Å²) in [6.07, 6.45) is -0.679. The minimum Gasteiger partial charge on any atom is -0.497 e. The fraction of sp³-hybridized carbons (Fsp3) is 0.259. The average molecular weight is 461 g/mol. The maximum absolute atomic E-state index is 12.5. The molecule has 3 aromatic rings. The van der Waals surface area contributed by atoms with Crippen molar-refractivity contribution in [2.75, 3.05) is 25.6 Å². The molecule has 0 saturated carbocycles. The predicted octanol–water partition coefficient (Wildman–Crippen LogP) is 3.34. The third kappa shape index (κ3) is 5.81. The maximum Gasteiger partial charge on any atom is 0.249 e. The summed E-state index contributed by atoms with van der Waals surface area (Å²) in [4.78, 5) is 26.6. The number of nitrogens with zero attached hydrogens (tertiary/aromatic N) is 1. The summed E-state index contributed by atoms with van der Waals surface area (Å²) in [5.41, 5.74) is 3.15. The summed E-state index contributed by atoms with van der Waals surface area (Å²) in [7, 11) is 1.60. The monoisotopic (exact) mass is 460 g/mol. The van der Waals surface area contributed by atoms with Gasteiger partial charge in [0.15, 0.2) is 0 Å². The molecule has 0 bridgehead atoms. The normalized spacial score (nSPS) is 16.7. The first-order valence-corrected chi connectivity index (χ1v) is 11.2. The van der Waals surface area contributed by atoms with Crippen molar-refractivity contribution in [3.8, 4) is 5.75 Å². The molecule has 7 heteroatoms. The highest BCUT2D eigenvalue weighted by atomic mass is 16.5. The second kappa shape index (κ2) is 11.0. The van der Waals surface area contributed by atoms with Crippen LogP contribution in [0.3, 0.4) is 0 Å². The van der Waals surface area contributed by atoms with E-state index in [0.29, 0.717) is 17.8 Å². The van der Waals surface area contributed by atoms with Crippen molar-refractivity contribution < 1.29 is 24.2 Å². The molecule has 34 heavy (non-hydrogen) atoms. The van der Waals surface area contributed by atoms with Crippen LogP contribution in [-0.2, 0) is 27.3 Å². The fourth-order valence-electron chi connectivity index (χ4n) is 3.99. The summed E-state index contributed by atoms with van der Waals surface area (Å²) in [5, 5.41) is 13.9. The number of aliphatic hydroxyl groups excluding tert-OH is 1. The van der Waals surface area contributed by atoms with Gasteiger partial charge in [0, 0.05) is 12.2 Å². The topological polar surface area (TPSA) is 88.1 Å². The molecule has 7 nitrogen and oxygen atoms in total. The highest BCUT2D eigenvalue weighted by Gasteiger charge is 2.34. The largest absolute Gasteiger partial charge is 0.497 e. The van der Waals surface area contributed by atoms with Crippen LogP contribution in [0.1, 0.15) is 22.8 Å². The van der Waals surface area contributed by atoms with Crippen molar-refractivity contribution in [3.63, 3.8) is 0 Å². The predicted molar refractivity (Wildman–Crippen MR) is 128 cm³/mol. The molecule has 1 fully saturated rings. The molecule has 2 N–H and O–H groups in total. The third-order valence-corrected chi connectivity index (χ3v) is 5.85. The molecule has 4 rings (SSSR count). The molecular weight excluding hydrogens is 432 g/mol. The van der Waals surface area contributed by atoms with E-state index >= 15 is 0 Å². The second-order valence-corrected chi connectivity index (χ2v) is 8.23. The van der Waals surface area contributed by atoms with Gasteiger partial charge in [-0.15, -0.1) is 0 Å². The molecule has 2 atom stereocenters. The molecule has 176 valence electrons. The Balaban J connectivity index is 1.39. The molecule has 0 aliphatic carbocycles. The minimum atomic E-state index is -0.919. The van der Waals surface area contributed by atoms with Crippen LogP contribution in [0, 0.1) is 0 Å². The summed E-state index contributed by atoms with van der Waals surface area (Å²) in [6.45, 7) is 0.666. The first-order valence-electron chi connectivity index (χ1n) is 11.2. The molecule has 1 aliphatic heterocycles. The molecule has 1 heterocycles. The first kappa shape index (κ1) is 23.5. The Morgan fingerprint density at radius 2 is 1.76 bits per heavy atom. The fourth-order valence-corrected chi connectivity index (χ4v) is 3.99. The Morgan fingerprint density at radius 1 is 1.06 bits per heavy atom. The second-order valence-electron chi connectivity index (χ2n) is 8.23. The van der Waals surface area contributed by atoms with Gasteiger partial charge in [-0.3, -0.25) is 9.59 Å². The Hall–Kier alpha value is -3.68. The molecule has 3 aromatic carbocycles. The average Bonchev–Trinajstić information content (AvgIpc) is 2.86. The number of morpholine rings is 1. The van der Waals surface area contributed by atoms with E-state index in [0.717, 1.165) is 16.9 Å². The number of methoxy groups -OCH3 is 1. The zero-order valence-electron chi connectivity index (χ0n) is 19.0. The number of benzene rings is 3. The van der Waals surface area contributed by atoms with Gasteiger partial charge in [-0.25, -0.2) is 0 Å². The summed E-state index contributed by atoms with van der Waals surface area (Å²) < 4.78 is 10.6. The van der Waals surface area contributed by atoms with Gasteiger partial charge in [-0.1, -0.05) is 54.6 Å². The van der Waals surface area contributed by atoms with Gasteiger partial charge in [-0.2, -0.15) is 0 Å². The number of hydrogen-bond donors (Lipinski definition) is 2. The van der Waals surface area contributed by atoms with E-state index in [9.17, 15) is 14.7 Å². The van der Waals surface area contributed by atoms with Crippen molar-refractivity contribution in [1.82, 2.24) is 4.90 Å². The Bertz CT molecular complexity index is 1100. The number of hydrogen-bond acceptors (Lipinski definition) is 5. The van der Waals surface area contributed by atoms with E-state index in [1.54, 1.807) is 36.3 Å². The number of rotatable bonds is 8. The lowest BCUT2D eigenvalue weighted by Crippen LogP contribution is -2.51. The number of amides is 2. The molecule has 1 saturated heterocycles. The molecule has 0 radical (unpaired) electrons. The van der Waals surface area contributed by atoms with Crippen molar-refractivity contribution >= 4 is 17.5 Å². The number of nitrogens with one attached hydrogen (secondary N) is 1. The van der Waals surface area contributed by atoms with Gasteiger partial charge in [-0.05, 0) is 41.0 Å². The minimum absolute atomic E-state index is 0.00915. The smallest absolute Gasteiger partial charge is 0.249 e. The number of carbonyl (C=O) groups is 2. The maximum atomic E-state index is 12.5. The van der Waals surface area contributed by atoms with Gasteiger partial charge in [0.05, 0.1) is 26.2 Å². The zero-order chi connectivity index (χ0) is 23.9. The van der Waals surface area contributed by atoms with E-state index in [-0.39, 0.29) is 31.4 Å². The van der Waals surface area contributed by atoms with Crippen molar-refractivity contribution in [1.29, 1.82) is 0 Å². The quantitative estimate of drug-likeness (QED) is 0.538. The Kier molecular flexibility index (Phi) is 7.57. The molecular formula is C27H28N2O5. The van der Waals surface area contributed by atoms with Crippen molar-refractivity contribution in [2.24, 2.45) is 0 Å². The van der Waals surface area contributed by atoms with E-state index in [4.69, 9.17) is 9.47 Å². The van der Waals surface area contributed by atoms with Crippen LogP contribution in [-0.4, -0.2) is 48.2 Å². The number of carbonyl (C=O) groups excluding carboxylic acids is 2. The lowest BCUT2D eigenvalue weighted by atomic mass is 9.99. The number of aliphatic hydroxyl groups is 1.